The number of hydrazine groups is 1. The number of aromatic amines is 1. The quantitative estimate of drug-likeness (QED) is 0.0313. The molecule has 398 valence electrons. The normalized spacial score (nSPS) is 13.8. The van der Waals surface area contributed by atoms with Gasteiger partial charge < -0.3 is 58.6 Å². The third-order valence-corrected chi connectivity index (χ3v) is 11.9. The number of phenols is 1. The zero-order chi connectivity index (χ0) is 54.4. The summed E-state index contributed by atoms with van der Waals surface area (Å²) in [5.74, 6) is -7.90. The van der Waals surface area contributed by atoms with Gasteiger partial charge in [0.05, 0.1) is 25.0 Å². The number of amides is 8. The average molecular weight is 1030 g/mol. The van der Waals surface area contributed by atoms with Gasteiger partial charge in [-0.3, -0.25) is 54.0 Å². The van der Waals surface area contributed by atoms with Crippen molar-refractivity contribution in [3.8, 4) is 5.75 Å². The van der Waals surface area contributed by atoms with E-state index < -0.39 is 108 Å². The number of hydrogen-bond donors (Lipinski definition) is 13. The number of H-pyrrole nitrogens is 1. The molecule has 0 bridgehead atoms. The van der Waals surface area contributed by atoms with Crippen molar-refractivity contribution in [1.82, 2.24) is 47.7 Å². The van der Waals surface area contributed by atoms with E-state index in [1.807, 2.05) is 25.1 Å². The highest BCUT2D eigenvalue weighted by Crippen LogP contribution is 2.17. The molecule has 0 saturated heterocycles. The van der Waals surface area contributed by atoms with Crippen LogP contribution in [-0.2, 0) is 68.8 Å². The summed E-state index contributed by atoms with van der Waals surface area (Å²) in [6, 6.07) is 23.7. The molecule has 0 aliphatic heterocycles. The van der Waals surface area contributed by atoms with Gasteiger partial charge in [-0.25, -0.2) is 0 Å². The molecule has 22 heteroatoms. The molecule has 0 aliphatic rings. The number of para-hydroxylation sites is 1. The van der Waals surface area contributed by atoms with Crippen molar-refractivity contribution >= 4 is 64.1 Å². The van der Waals surface area contributed by atoms with Crippen LogP contribution in [-0.4, -0.2) is 117 Å². The van der Waals surface area contributed by atoms with Gasteiger partial charge in [0.1, 0.15) is 36.0 Å². The third-order valence-electron chi connectivity index (χ3n) is 11.9. The number of unbranched alkanes of at least 4 members (excludes halogenated alkanes) is 1. The Bertz CT molecular complexity index is 2720. The Hall–Kier alpha value is -8.63. The summed E-state index contributed by atoms with van der Waals surface area (Å²) < 4.78 is 0. The molecule has 8 amide bonds. The fraction of sp³-hybridized carbons (Fsp3) is 0.340. The second-order valence-corrected chi connectivity index (χ2v) is 18.0. The van der Waals surface area contributed by atoms with E-state index in [1.54, 1.807) is 84.9 Å². The first-order valence-electron chi connectivity index (χ1n) is 24.4. The number of benzene rings is 4. The summed E-state index contributed by atoms with van der Waals surface area (Å²) >= 11 is 0. The Labute approximate surface area is 432 Å². The van der Waals surface area contributed by atoms with Crippen LogP contribution < -0.4 is 54.2 Å². The van der Waals surface area contributed by atoms with Crippen molar-refractivity contribution in [2.75, 3.05) is 6.54 Å². The SMILES string of the molecule is CCCCC(NC(=O)C(CC(=O)O)NC(=O)C(N)Cc1ccccc1)C(=O)NC(Cc1cc2ccccc2[nH]1)C(=O)NNC(=O)C(Cc1ccccc1)NC(=O)CNC(=O)C(C)NC(=O)C(N)Cc1ccc(O)cc1. The number of carboxylic acids is 1. The van der Waals surface area contributed by atoms with Gasteiger partial charge in [-0.2, -0.15) is 0 Å². The standard InChI is InChI=1S/C53H65N11O11/c1-3-4-18-41(60-51(73)44(29-46(67)68)61-49(71)39(55)24-32-13-7-5-8-14-32)50(72)62-43(28-36-27-35-17-11-12-19-40(35)58-36)53(75)64-63-52(74)42(26-33-15-9-6-10-16-33)59-45(66)30-56-47(69)31(2)57-48(70)38(54)25-34-20-22-37(65)23-21-34/h5-17,19-23,27,31,38-39,41-44,58,65H,3-4,18,24-26,28-30,54-55H2,1-2H3,(H,56,69)(H,57,70)(H,59,66)(H,60,73)(H,61,71)(H,62,72)(H,63,74)(H,64,75)(H,67,68). The molecular weight excluding hydrogens is 967 g/mol. The molecule has 1 heterocycles. The van der Waals surface area contributed by atoms with E-state index in [1.165, 1.54) is 19.1 Å². The Kier molecular flexibility index (Phi) is 21.8. The van der Waals surface area contributed by atoms with E-state index in [2.05, 4.69) is 47.7 Å². The number of carbonyl (C=O) groups is 9. The Morgan fingerprint density at radius 3 is 1.64 bits per heavy atom. The second-order valence-electron chi connectivity index (χ2n) is 18.0. The summed E-state index contributed by atoms with van der Waals surface area (Å²) in [4.78, 5) is 123. The molecule has 7 atom stereocenters. The highest BCUT2D eigenvalue weighted by molar-refractivity contribution is 5.97. The highest BCUT2D eigenvalue weighted by atomic mass is 16.4. The van der Waals surface area contributed by atoms with Crippen molar-refractivity contribution in [2.45, 2.75) is 108 Å². The first kappa shape index (κ1) is 57.3. The van der Waals surface area contributed by atoms with Crippen LogP contribution in [0.25, 0.3) is 10.9 Å². The number of carbonyl (C=O) groups excluding carboxylic acids is 8. The minimum absolute atomic E-state index is 0.0490. The van der Waals surface area contributed by atoms with Crippen LogP contribution in [0.5, 0.6) is 5.75 Å². The van der Waals surface area contributed by atoms with Gasteiger partial charge in [0.2, 0.25) is 35.4 Å². The van der Waals surface area contributed by atoms with Crippen LogP contribution in [0.3, 0.4) is 0 Å². The van der Waals surface area contributed by atoms with E-state index in [4.69, 9.17) is 11.5 Å². The molecule has 75 heavy (non-hydrogen) atoms. The fourth-order valence-corrected chi connectivity index (χ4v) is 7.80. The molecule has 22 nitrogen and oxygen atoms in total. The Morgan fingerprint density at radius 1 is 0.547 bits per heavy atom. The van der Waals surface area contributed by atoms with Gasteiger partial charge in [-0.05, 0) is 72.5 Å². The molecule has 15 N–H and O–H groups in total. The molecule has 5 aromatic rings. The lowest BCUT2D eigenvalue weighted by molar-refractivity contribution is -0.141. The summed E-state index contributed by atoms with van der Waals surface area (Å²) in [6.45, 7) is 2.64. The van der Waals surface area contributed by atoms with Crippen molar-refractivity contribution in [3.05, 3.63) is 138 Å². The van der Waals surface area contributed by atoms with Gasteiger partial charge in [0.15, 0.2) is 0 Å². The van der Waals surface area contributed by atoms with E-state index >= 15 is 0 Å². The highest BCUT2D eigenvalue weighted by Gasteiger charge is 2.33. The summed E-state index contributed by atoms with van der Waals surface area (Å²) in [7, 11) is 0. The number of aromatic nitrogens is 1. The zero-order valence-electron chi connectivity index (χ0n) is 41.6. The lowest BCUT2D eigenvalue weighted by atomic mass is 10.0. The monoisotopic (exact) mass is 1030 g/mol. The number of hydrogen-bond acceptors (Lipinski definition) is 12. The predicted octanol–water partition coefficient (Wildman–Crippen LogP) is 0.171. The molecule has 4 aromatic carbocycles. The van der Waals surface area contributed by atoms with Crippen molar-refractivity contribution in [3.63, 3.8) is 0 Å². The largest absolute Gasteiger partial charge is 0.508 e. The van der Waals surface area contributed by atoms with Gasteiger partial charge in [-0.1, -0.05) is 111 Å². The van der Waals surface area contributed by atoms with Crippen molar-refractivity contribution in [2.24, 2.45) is 11.5 Å². The second kappa shape index (κ2) is 28.6. The maximum atomic E-state index is 14.2. The molecule has 1 aromatic heterocycles. The van der Waals surface area contributed by atoms with Crippen LogP contribution >= 0.6 is 0 Å². The first-order chi connectivity index (χ1) is 35.9. The van der Waals surface area contributed by atoms with Gasteiger partial charge in [-0.15, -0.1) is 0 Å². The van der Waals surface area contributed by atoms with Gasteiger partial charge in [0, 0.05) is 24.1 Å². The van der Waals surface area contributed by atoms with Crippen molar-refractivity contribution < 1.29 is 53.4 Å². The molecular formula is C53H65N11O11. The van der Waals surface area contributed by atoms with Crippen LogP contribution in [0.1, 0.15) is 61.9 Å². The number of aromatic hydroxyl groups is 1. The van der Waals surface area contributed by atoms with E-state index in [0.717, 1.165) is 16.5 Å². The minimum atomic E-state index is -1.63. The summed E-state index contributed by atoms with van der Waals surface area (Å²) in [5.41, 5.74) is 20.1. The fourth-order valence-electron chi connectivity index (χ4n) is 7.80. The minimum Gasteiger partial charge on any atom is -0.508 e. The Morgan fingerprint density at radius 2 is 1.05 bits per heavy atom. The molecule has 0 saturated carbocycles. The lowest BCUT2D eigenvalue weighted by Gasteiger charge is -2.26. The molecule has 0 spiro atoms. The average Bonchev–Trinajstić information content (AvgIpc) is 3.81. The first-order valence-corrected chi connectivity index (χ1v) is 24.4. The van der Waals surface area contributed by atoms with E-state index in [0.29, 0.717) is 29.7 Å². The molecule has 5 rings (SSSR count). The lowest BCUT2D eigenvalue weighted by Crippen LogP contribution is -2.60. The van der Waals surface area contributed by atoms with Gasteiger partial charge >= 0.3 is 5.97 Å². The number of carboxylic acid groups (broad SMARTS) is 1. The smallest absolute Gasteiger partial charge is 0.305 e. The number of nitrogens with one attached hydrogen (secondary N) is 9. The predicted molar refractivity (Wildman–Crippen MR) is 276 cm³/mol. The number of phenolic OH excluding ortho intramolecular Hbond substituents is 1. The van der Waals surface area contributed by atoms with Crippen LogP contribution in [0.15, 0.2) is 115 Å². The Balaban J connectivity index is 1.26. The molecule has 0 fully saturated rings. The van der Waals surface area contributed by atoms with Crippen LogP contribution in [0.4, 0.5) is 0 Å². The number of fused-ring (bicyclic) bond motifs is 1. The maximum absolute atomic E-state index is 14.2. The van der Waals surface area contributed by atoms with Crippen LogP contribution in [0, 0.1) is 0 Å². The maximum Gasteiger partial charge on any atom is 0.305 e. The number of rotatable bonds is 27. The number of nitrogens with two attached hydrogens (primary N) is 2. The zero-order valence-corrected chi connectivity index (χ0v) is 41.6. The third kappa shape index (κ3) is 18.7. The van der Waals surface area contributed by atoms with Crippen molar-refractivity contribution in [1.29, 1.82) is 0 Å². The van der Waals surface area contributed by atoms with Crippen LogP contribution in [0.2, 0.25) is 0 Å². The molecule has 7 unspecified atom stereocenters. The van der Waals surface area contributed by atoms with E-state index in [-0.39, 0.29) is 37.9 Å². The van der Waals surface area contributed by atoms with Gasteiger partial charge in [0.25, 0.3) is 11.8 Å². The molecule has 0 radical (unpaired) electrons. The van der Waals surface area contributed by atoms with E-state index in [9.17, 15) is 53.4 Å². The topological polar surface area (TPSA) is 358 Å². The molecule has 0 aliphatic carbocycles. The summed E-state index contributed by atoms with van der Waals surface area (Å²) in [6.07, 6.45) is 0.225. The summed E-state index contributed by atoms with van der Waals surface area (Å²) in [5, 5.41) is 35.1. The number of aliphatic carboxylic acids is 1.